The minimum Gasteiger partial charge on any atom is -0.484 e. The Morgan fingerprint density at radius 1 is 1.15 bits per heavy atom. The van der Waals surface area contributed by atoms with E-state index in [-0.39, 0.29) is 12.5 Å². The van der Waals surface area contributed by atoms with Crippen molar-refractivity contribution in [2.24, 2.45) is 0 Å². The van der Waals surface area contributed by atoms with Crippen molar-refractivity contribution in [1.29, 1.82) is 0 Å². The maximum Gasteiger partial charge on any atom is 0.344 e. The van der Waals surface area contributed by atoms with Gasteiger partial charge in [0.1, 0.15) is 11.3 Å². The van der Waals surface area contributed by atoms with Gasteiger partial charge in [-0.2, -0.15) is 0 Å². The second-order valence-electron chi connectivity index (χ2n) is 6.28. The molecule has 0 saturated heterocycles. The van der Waals surface area contributed by atoms with Crippen LogP contribution < -0.4 is 15.7 Å². The zero-order valence-electron chi connectivity index (χ0n) is 13.8. The van der Waals surface area contributed by atoms with Crippen LogP contribution in [0.25, 0.3) is 22.1 Å². The quantitative estimate of drug-likeness (QED) is 0.644. The van der Waals surface area contributed by atoms with E-state index in [1.54, 1.807) is 30.3 Å². The molecule has 4 rings (SSSR count). The van der Waals surface area contributed by atoms with Gasteiger partial charge in [-0.3, -0.25) is 4.79 Å². The van der Waals surface area contributed by atoms with Gasteiger partial charge in [-0.1, -0.05) is 28.1 Å². The maximum atomic E-state index is 12.3. The predicted molar refractivity (Wildman–Crippen MR) is 102 cm³/mol. The highest BCUT2D eigenvalue weighted by Crippen LogP contribution is 2.25. The molecule has 0 unspecified atom stereocenters. The van der Waals surface area contributed by atoms with Crippen LogP contribution in [0.5, 0.6) is 5.75 Å². The number of ether oxygens (including phenoxy) is 1. The van der Waals surface area contributed by atoms with E-state index in [1.807, 2.05) is 18.2 Å². The van der Waals surface area contributed by atoms with Gasteiger partial charge >= 0.3 is 5.63 Å². The molecule has 1 heterocycles. The summed E-state index contributed by atoms with van der Waals surface area (Å²) in [6, 6.07) is 14.7. The summed E-state index contributed by atoms with van der Waals surface area (Å²) in [5.74, 6) is 0.463. The average Bonchev–Trinajstić information content (AvgIpc) is 3.44. The molecule has 26 heavy (non-hydrogen) atoms. The lowest BCUT2D eigenvalue weighted by Crippen LogP contribution is -2.30. The third kappa shape index (κ3) is 3.80. The highest BCUT2D eigenvalue weighted by atomic mass is 79.9. The third-order valence-corrected chi connectivity index (χ3v) is 4.67. The van der Waals surface area contributed by atoms with Crippen LogP contribution in [0.15, 0.2) is 62.2 Å². The van der Waals surface area contributed by atoms with E-state index in [4.69, 9.17) is 9.15 Å². The van der Waals surface area contributed by atoms with Gasteiger partial charge < -0.3 is 14.5 Å². The van der Waals surface area contributed by atoms with Crippen LogP contribution >= 0.6 is 15.9 Å². The first-order valence-corrected chi connectivity index (χ1v) is 9.14. The standard InChI is InChI=1S/C20H16BrNO4/c21-14-3-8-18-13(9-14)10-17(20(24)26-18)12-1-6-16(7-2-12)25-11-19(23)22-15-4-5-15/h1-3,6-10,15H,4-5,11H2,(H,22,23). The molecule has 2 aromatic carbocycles. The summed E-state index contributed by atoms with van der Waals surface area (Å²) < 4.78 is 11.8. The molecule has 1 saturated carbocycles. The predicted octanol–water partition coefficient (Wildman–Crippen LogP) is 3.88. The fourth-order valence-corrected chi connectivity index (χ4v) is 3.05. The molecule has 0 bridgehead atoms. The summed E-state index contributed by atoms with van der Waals surface area (Å²) in [5.41, 5.74) is 1.37. The van der Waals surface area contributed by atoms with Gasteiger partial charge in [0.15, 0.2) is 6.61 Å². The van der Waals surface area contributed by atoms with Crippen LogP contribution in [-0.2, 0) is 4.79 Å². The smallest absolute Gasteiger partial charge is 0.344 e. The monoisotopic (exact) mass is 413 g/mol. The van der Waals surface area contributed by atoms with Crippen LogP contribution in [-0.4, -0.2) is 18.6 Å². The van der Waals surface area contributed by atoms with Gasteiger partial charge in [-0.05, 0) is 54.8 Å². The summed E-state index contributed by atoms with van der Waals surface area (Å²) in [5, 5.41) is 3.71. The first-order valence-electron chi connectivity index (χ1n) is 8.34. The van der Waals surface area contributed by atoms with E-state index in [9.17, 15) is 9.59 Å². The Balaban J connectivity index is 1.52. The average molecular weight is 414 g/mol. The Labute approximate surface area is 158 Å². The van der Waals surface area contributed by atoms with Gasteiger partial charge in [-0.25, -0.2) is 4.79 Å². The van der Waals surface area contributed by atoms with Crippen LogP contribution in [0, 0.1) is 0 Å². The van der Waals surface area contributed by atoms with E-state index in [0.717, 1.165) is 28.3 Å². The van der Waals surface area contributed by atoms with Gasteiger partial charge in [0.2, 0.25) is 0 Å². The van der Waals surface area contributed by atoms with Crippen molar-refractivity contribution in [3.8, 4) is 16.9 Å². The molecule has 0 atom stereocenters. The minimum absolute atomic E-state index is 0.0119. The third-order valence-electron chi connectivity index (χ3n) is 4.17. The molecule has 6 heteroatoms. The highest BCUT2D eigenvalue weighted by Gasteiger charge is 2.23. The number of carbonyl (C=O) groups is 1. The normalized spacial score (nSPS) is 13.6. The van der Waals surface area contributed by atoms with E-state index in [1.165, 1.54) is 0 Å². The Morgan fingerprint density at radius 2 is 1.92 bits per heavy atom. The number of benzene rings is 2. The zero-order chi connectivity index (χ0) is 18.1. The summed E-state index contributed by atoms with van der Waals surface area (Å²) in [6.07, 6.45) is 2.09. The fourth-order valence-electron chi connectivity index (χ4n) is 2.67. The minimum atomic E-state index is -0.391. The topological polar surface area (TPSA) is 68.5 Å². The van der Waals surface area contributed by atoms with Gasteiger partial charge in [0.05, 0.1) is 5.56 Å². The molecule has 1 N–H and O–H groups in total. The second-order valence-corrected chi connectivity index (χ2v) is 7.20. The largest absolute Gasteiger partial charge is 0.484 e. The summed E-state index contributed by atoms with van der Waals surface area (Å²) in [4.78, 5) is 23.9. The number of rotatable bonds is 5. The van der Waals surface area contributed by atoms with E-state index in [2.05, 4.69) is 21.2 Å². The number of hydrogen-bond acceptors (Lipinski definition) is 4. The summed E-state index contributed by atoms with van der Waals surface area (Å²) >= 11 is 3.42. The molecule has 1 aliphatic carbocycles. The number of fused-ring (bicyclic) bond motifs is 1. The maximum absolute atomic E-state index is 12.3. The number of carbonyl (C=O) groups excluding carboxylic acids is 1. The van der Waals surface area contributed by atoms with Crippen molar-refractivity contribution in [2.45, 2.75) is 18.9 Å². The van der Waals surface area contributed by atoms with Gasteiger partial charge in [0.25, 0.3) is 5.91 Å². The fraction of sp³-hybridized carbons (Fsp3) is 0.200. The Kier molecular flexibility index (Phi) is 4.51. The first-order chi connectivity index (χ1) is 12.6. The van der Waals surface area contributed by atoms with Crippen molar-refractivity contribution in [1.82, 2.24) is 5.32 Å². The summed E-state index contributed by atoms with van der Waals surface area (Å²) in [7, 11) is 0. The van der Waals surface area contributed by atoms with Crippen molar-refractivity contribution < 1.29 is 13.9 Å². The van der Waals surface area contributed by atoms with Crippen molar-refractivity contribution >= 4 is 32.8 Å². The molecular weight excluding hydrogens is 398 g/mol. The molecule has 5 nitrogen and oxygen atoms in total. The molecule has 0 spiro atoms. The Morgan fingerprint density at radius 3 is 2.65 bits per heavy atom. The van der Waals surface area contributed by atoms with Crippen molar-refractivity contribution in [3.63, 3.8) is 0 Å². The summed E-state index contributed by atoms with van der Waals surface area (Å²) in [6.45, 7) is -0.0119. The molecule has 1 fully saturated rings. The molecule has 1 aromatic heterocycles. The SMILES string of the molecule is O=C(COc1ccc(-c2cc3cc(Br)ccc3oc2=O)cc1)NC1CC1. The van der Waals surface area contributed by atoms with Crippen LogP contribution in [0.4, 0.5) is 0 Å². The number of hydrogen-bond donors (Lipinski definition) is 1. The molecule has 0 radical (unpaired) electrons. The van der Waals surface area contributed by atoms with Crippen LogP contribution in [0.3, 0.4) is 0 Å². The molecule has 132 valence electrons. The van der Waals surface area contributed by atoms with Gasteiger partial charge in [0, 0.05) is 15.9 Å². The second kappa shape index (κ2) is 6.96. The van der Waals surface area contributed by atoms with E-state index >= 15 is 0 Å². The highest BCUT2D eigenvalue weighted by molar-refractivity contribution is 9.10. The molecule has 1 amide bonds. The van der Waals surface area contributed by atoms with E-state index < -0.39 is 5.63 Å². The lowest BCUT2D eigenvalue weighted by Gasteiger charge is -2.08. The van der Waals surface area contributed by atoms with E-state index in [0.29, 0.717) is 22.9 Å². The van der Waals surface area contributed by atoms with Crippen molar-refractivity contribution in [3.05, 3.63) is 63.4 Å². The van der Waals surface area contributed by atoms with Crippen LogP contribution in [0.2, 0.25) is 0 Å². The first kappa shape index (κ1) is 16.8. The zero-order valence-corrected chi connectivity index (χ0v) is 15.4. The molecular formula is C20H16BrNO4. The Bertz CT molecular complexity index is 1020. The lowest BCUT2D eigenvalue weighted by atomic mass is 10.1. The molecule has 0 aliphatic heterocycles. The number of nitrogens with one attached hydrogen (secondary N) is 1. The molecule has 3 aromatic rings. The van der Waals surface area contributed by atoms with Gasteiger partial charge in [-0.15, -0.1) is 0 Å². The van der Waals surface area contributed by atoms with Crippen molar-refractivity contribution in [2.75, 3.05) is 6.61 Å². The lowest BCUT2D eigenvalue weighted by molar-refractivity contribution is -0.123. The Hall–Kier alpha value is -2.60. The number of halogens is 1. The molecule has 1 aliphatic rings. The number of amides is 1. The van der Waals surface area contributed by atoms with Crippen LogP contribution in [0.1, 0.15) is 12.8 Å².